The summed E-state index contributed by atoms with van der Waals surface area (Å²) in [6.45, 7) is 8.21. The smallest absolute Gasteiger partial charge is 0.255 e. The largest absolute Gasteiger partial charge is 0.319 e. The molecular formula is C17H21N3O2. The van der Waals surface area contributed by atoms with Crippen LogP contribution in [0.25, 0.3) is 0 Å². The Labute approximate surface area is 130 Å². The zero-order valence-corrected chi connectivity index (χ0v) is 13.4. The molecule has 0 aliphatic heterocycles. The summed E-state index contributed by atoms with van der Waals surface area (Å²) in [5.41, 5.74) is 3.47. The van der Waals surface area contributed by atoms with Gasteiger partial charge in [0, 0.05) is 17.7 Å². The van der Waals surface area contributed by atoms with Crippen LogP contribution in [0.2, 0.25) is 0 Å². The second-order valence-corrected chi connectivity index (χ2v) is 5.36. The molecule has 0 spiro atoms. The number of ketones is 1. The van der Waals surface area contributed by atoms with Crippen LogP contribution in [0.3, 0.4) is 0 Å². The van der Waals surface area contributed by atoms with Gasteiger partial charge in [-0.15, -0.1) is 0 Å². The number of Topliss-reactive ketones (excluding diaryl/α,β-unsaturated/α-hetero) is 1. The van der Waals surface area contributed by atoms with Crippen LogP contribution >= 0.6 is 0 Å². The van der Waals surface area contributed by atoms with E-state index in [0.717, 1.165) is 30.0 Å². The molecule has 2 aromatic rings. The molecule has 0 aliphatic carbocycles. The molecule has 0 bridgehead atoms. The first kappa shape index (κ1) is 15.9. The first-order valence-corrected chi connectivity index (χ1v) is 7.40. The van der Waals surface area contributed by atoms with Crippen LogP contribution in [0.15, 0.2) is 24.3 Å². The number of carbonyl (C=O) groups excluding carboxylic acids is 2. The van der Waals surface area contributed by atoms with E-state index in [-0.39, 0.29) is 11.7 Å². The molecule has 1 amide bonds. The summed E-state index contributed by atoms with van der Waals surface area (Å²) in [6.07, 6.45) is 0.982. The summed E-state index contributed by atoms with van der Waals surface area (Å²) >= 11 is 0. The molecule has 116 valence electrons. The number of aromatic nitrogens is 2. The molecule has 0 aliphatic rings. The zero-order chi connectivity index (χ0) is 16.3. The molecule has 1 N–H and O–H groups in total. The lowest BCUT2D eigenvalue weighted by molar-refractivity contribution is 0.101. The summed E-state index contributed by atoms with van der Waals surface area (Å²) in [7, 11) is 0. The second-order valence-electron chi connectivity index (χ2n) is 5.36. The molecule has 1 aromatic heterocycles. The van der Waals surface area contributed by atoms with Crippen molar-refractivity contribution >= 4 is 17.4 Å². The molecule has 5 heteroatoms. The Morgan fingerprint density at radius 2 is 1.91 bits per heavy atom. The lowest BCUT2D eigenvalue weighted by Gasteiger charge is -2.07. The van der Waals surface area contributed by atoms with E-state index in [1.54, 1.807) is 24.3 Å². The van der Waals surface area contributed by atoms with Crippen LogP contribution in [-0.4, -0.2) is 21.5 Å². The van der Waals surface area contributed by atoms with Crippen LogP contribution in [0.5, 0.6) is 0 Å². The molecule has 0 saturated heterocycles. The first-order valence-electron chi connectivity index (χ1n) is 7.40. The maximum atomic E-state index is 12.4. The molecule has 2 rings (SSSR count). The summed E-state index contributed by atoms with van der Waals surface area (Å²) in [5.74, 6) is -0.289. The van der Waals surface area contributed by atoms with Crippen LogP contribution < -0.4 is 5.32 Å². The van der Waals surface area contributed by atoms with Crippen molar-refractivity contribution in [1.29, 1.82) is 0 Å². The Balaban J connectivity index is 2.26. The standard InChI is InChI=1S/C17H21N3O2/c1-5-9-20-12(3)16(11(2)19-20)18-17(22)15-8-6-7-14(10-15)13(4)21/h6-8,10H,5,9H2,1-4H3,(H,18,22). The van der Waals surface area contributed by atoms with Gasteiger partial charge in [-0.3, -0.25) is 14.3 Å². The number of anilines is 1. The number of aryl methyl sites for hydroxylation is 2. The number of nitrogens with zero attached hydrogens (tertiary/aromatic N) is 2. The highest BCUT2D eigenvalue weighted by Crippen LogP contribution is 2.20. The molecule has 1 aromatic carbocycles. The minimum Gasteiger partial charge on any atom is -0.319 e. The van der Waals surface area contributed by atoms with Crippen LogP contribution in [-0.2, 0) is 6.54 Å². The predicted octanol–water partition coefficient (Wildman–Crippen LogP) is 3.36. The number of carbonyl (C=O) groups is 2. The number of nitrogens with one attached hydrogen (secondary N) is 1. The maximum absolute atomic E-state index is 12.4. The molecule has 0 atom stereocenters. The van der Waals surface area contributed by atoms with Gasteiger partial charge >= 0.3 is 0 Å². The topological polar surface area (TPSA) is 64.0 Å². The van der Waals surface area contributed by atoms with Crippen molar-refractivity contribution < 1.29 is 9.59 Å². The maximum Gasteiger partial charge on any atom is 0.255 e. The fourth-order valence-corrected chi connectivity index (χ4v) is 2.37. The minimum atomic E-state index is -0.231. The van der Waals surface area contributed by atoms with Crippen molar-refractivity contribution in [3.8, 4) is 0 Å². The van der Waals surface area contributed by atoms with E-state index in [4.69, 9.17) is 0 Å². The minimum absolute atomic E-state index is 0.0576. The Kier molecular flexibility index (Phi) is 4.75. The van der Waals surface area contributed by atoms with Crippen LogP contribution in [0.1, 0.15) is 52.4 Å². The normalized spacial score (nSPS) is 10.5. The lowest BCUT2D eigenvalue weighted by atomic mass is 10.1. The fraction of sp³-hybridized carbons (Fsp3) is 0.353. The highest BCUT2D eigenvalue weighted by molar-refractivity contribution is 6.06. The van der Waals surface area contributed by atoms with E-state index in [0.29, 0.717) is 11.1 Å². The predicted molar refractivity (Wildman–Crippen MR) is 86.4 cm³/mol. The fourth-order valence-electron chi connectivity index (χ4n) is 2.37. The highest BCUT2D eigenvalue weighted by atomic mass is 16.1. The summed E-state index contributed by atoms with van der Waals surface area (Å²) in [5, 5.41) is 7.35. The molecule has 0 fully saturated rings. The van der Waals surface area contributed by atoms with Crippen molar-refractivity contribution in [3.63, 3.8) is 0 Å². The van der Waals surface area contributed by atoms with E-state index in [1.807, 2.05) is 18.5 Å². The van der Waals surface area contributed by atoms with E-state index < -0.39 is 0 Å². The Morgan fingerprint density at radius 1 is 1.23 bits per heavy atom. The molecular weight excluding hydrogens is 278 g/mol. The van der Waals surface area contributed by atoms with Crippen LogP contribution in [0.4, 0.5) is 5.69 Å². The van der Waals surface area contributed by atoms with Gasteiger partial charge in [-0.25, -0.2) is 0 Å². The number of amides is 1. The second kappa shape index (κ2) is 6.56. The van der Waals surface area contributed by atoms with E-state index >= 15 is 0 Å². The third kappa shape index (κ3) is 3.24. The summed E-state index contributed by atoms with van der Waals surface area (Å²) in [6, 6.07) is 6.72. The molecule has 0 unspecified atom stereocenters. The SMILES string of the molecule is CCCn1nc(C)c(NC(=O)c2cccc(C(C)=O)c2)c1C. The monoisotopic (exact) mass is 299 g/mol. The number of rotatable bonds is 5. The summed E-state index contributed by atoms with van der Waals surface area (Å²) < 4.78 is 1.90. The third-order valence-corrected chi connectivity index (χ3v) is 3.59. The van der Waals surface area contributed by atoms with Crippen molar-refractivity contribution in [2.45, 2.75) is 40.7 Å². The van der Waals surface area contributed by atoms with Gasteiger partial charge in [0.25, 0.3) is 5.91 Å². The van der Waals surface area contributed by atoms with E-state index in [9.17, 15) is 9.59 Å². The summed E-state index contributed by atoms with van der Waals surface area (Å²) in [4.78, 5) is 23.8. The Bertz CT molecular complexity index is 717. The van der Waals surface area contributed by atoms with Gasteiger partial charge in [0.1, 0.15) is 0 Å². The van der Waals surface area contributed by atoms with Gasteiger partial charge in [0.15, 0.2) is 5.78 Å². The average Bonchev–Trinajstić information content (AvgIpc) is 2.75. The van der Waals surface area contributed by atoms with Crippen molar-refractivity contribution in [3.05, 3.63) is 46.8 Å². The van der Waals surface area contributed by atoms with Gasteiger partial charge in [-0.1, -0.05) is 19.1 Å². The van der Waals surface area contributed by atoms with Gasteiger partial charge in [-0.05, 0) is 39.3 Å². The van der Waals surface area contributed by atoms with Gasteiger partial charge in [-0.2, -0.15) is 5.10 Å². The van der Waals surface area contributed by atoms with Crippen molar-refractivity contribution in [2.24, 2.45) is 0 Å². The molecule has 5 nitrogen and oxygen atoms in total. The lowest BCUT2D eigenvalue weighted by Crippen LogP contribution is -2.14. The first-order chi connectivity index (χ1) is 10.4. The number of benzene rings is 1. The van der Waals surface area contributed by atoms with Crippen molar-refractivity contribution in [1.82, 2.24) is 9.78 Å². The zero-order valence-electron chi connectivity index (χ0n) is 13.4. The quantitative estimate of drug-likeness (QED) is 0.861. The van der Waals surface area contributed by atoms with E-state index in [1.165, 1.54) is 6.92 Å². The molecule has 0 radical (unpaired) electrons. The van der Waals surface area contributed by atoms with Gasteiger partial charge in [0.05, 0.1) is 17.1 Å². The highest BCUT2D eigenvalue weighted by Gasteiger charge is 2.15. The molecule has 1 heterocycles. The third-order valence-electron chi connectivity index (χ3n) is 3.59. The van der Waals surface area contributed by atoms with E-state index in [2.05, 4.69) is 17.3 Å². The molecule has 0 saturated carbocycles. The number of hydrogen-bond acceptors (Lipinski definition) is 3. The molecule has 22 heavy (non-hydrogen) atoms. The average molecular weight is 299 g/mol. The van der Waals surface area contributed by atoms with Gasteiger partial charge < -0.3 is 5.32 Å². The number of hydrogen-bond donors (Lipinski definition) is 1. The Hall–Kier alpha value is -2.43. The van der Waals surface area contributed by atoms with Crippen molar-refractivity contribution in [2.75, 3.05) is 5.32 Å². The Morgan fingerprint density at radius 3 is 2.55 bits per heavy atom. The van der Waals surface area contributed by atoms with Gasteiger partial charge in [0.2, 0.25) is 0 Å². The van der Waals surface area contributed by atoms with Crippen LogP contribution in [0, 0.1) is 13.8 Å².